The highest BCUT2D eigenvalue weighted by Gasteiger charge is 2.16. The van der Waals surface area contributed by atoms with Crippen molar-refractivity contribution in [1.29, 1.82) is 0 Å². The third-order valence-corrected chi connectivity index (χ3v) is 4.91. The summed E-state index contributed by atoms with van der Waals surface area (Å²) in [5.74, 6) is -0.126. The molecular formula is C9H15N3O3S2. The molecule has 1 rings (SSSR count). The van der Waals surface area contributed by atoms with Crippen molar-refractivity contribution >= 4 is 33.0 Å². The number of nitrogens with zero attached hydrogens (tertiary/aromatic N) is 1. The molecule has 0 spiro atoms. The average Bonchev–Trinajstić information content (AvgIpc) is 2.65. The van der Waals surface area contributed by atoms with Gasteiger partial charge in [0, 0.05) is 38.1 Å². The predicted octanol–water partition coefficient (Wildman–Crippen LogP) is 0.0869. The average molecular weight is 277 g/mol. The van der Waals surface area contributed by atoms with Crippen molar-refractivity contribution < 1.29 is 13.2 Å². The summed E-state index contributed by atoms with van der Waals surface area (Å²) >= 11 is 1.05. The summed E-state index contributed by atoms with van der Waals surface area (Å²) in [6.07, 6.45) is 0.132. The molecule has 0 unspecified atom stereocenters. The highest BCUT2D eigenvalue weighted by atomic mass is 32.2. The summed E-state index contributed by atoms with van der Waals surface area (Å²) in [6, 6.07) is 1.39. The Morgan fingerprint density at radius 1 is 1.53 bits per heavy atom. The lowest BCUT2D eigenvalue weighted by Gasteiger charge is -2.10. The first kappa shape index (κ1) is 13.9. The van der Waals surface area contributed by atoms with E-state index in [0.717, 1.165) is 11.3 Å². The van der Waals surface area contributed by atoms with Gasteiger partial charge in [0.05, 0.1) is 0 Å². The fraction of sp³-hybridized carbons (Fsp3) is 0.444. The summed E-state index contributed by atoms with van der Waals surface area (Å²) in [5, 5.41) is 1.56. The molecule has 3 N–H and O–H groups in total. The number of hydrogen-bond acceptors (Lipinski definition) is 5. The van der Waals surface area contributed by atoms with E-state index in [1.54, 1.807) is 19.5 Å². The van der Waals surface area contributed by atoms with Gasteiger partial charge in [0.25, 0.3) is 0 Å². The van der Waals surface area contributed by atoms with Crippen molar-refractivity contribution in [2.24, 2.45) is 0 Å². The van der Waals surface area contributed by atoms with Crippen LogP contribution in [0.25, 0.3) is 0 Å². The van der Waals surface area contributed by atoms with Gasteiger partial charge >= 0.3 is 0 Å². The van der Waals surface area contributed by atoms with E-state index in [1.165, 1.54) is 11.0 Å². The molecule has 8 heteroatoms. The fourth-order valence-electron chi connectivity index (χ4n) is 1.06. The Morgan fingerprint density at radius 3 is 2.65 bits per heavy atom. The number of nitrogens with one attached hydrogen (secondary N) is 1. The van der Waals surface area contributed by atoms with Gasteiger partial charge in [-0.05, 0) is 6.07 Å². The Morgan fingerprint density at radius 2 is 2.18 bits per heavy atom. The Hall–Kier alpha value is -1.12. The third-order valence-electron chi connectivity index (χ3n) is 1.99. The molecule has 1 aromatic rings. The molecule has 1 amide bonds. The van der Waals surface area contributed by atoms with Gasteiger partial charge < -0.3 is 10.6 Å². The van der Waals surface area contributed by atoms with E-state index in [1.807, 2.05) is 0 Å². The van der Waals surface area contributed by atoms with Crippen LogP contribution in [-0.2, 0) is 14.8 Å². The van der Waals surface area contributed by atoms with Gasteiger partial charge in [-0.1, -0.05) is 0 Å². The number of rotatable bonds is 5. The third kappa shape index (κ3) is 3.99. The quantitative estimate of drug-likeness (QED) is 0.797. The highest BCUT2D eigenvalue weighted by molar-refractivity contribution is 7.91. The minimum Gasteiger partial charge on any atom is -0.398 e. The van der Waals surface area contributed by atoms with E-state index in [-0.39, 0.29) is 23.1 Å². The summed E-state index contributed by atoms with van der Waals surface area (Å²) < 4.78 is 25.9. The molecule has 17 heavy (non-hydrogen) atoms. The number of thiophene rings is 1. The Balaban J connectivity index is 2.55. The second-order valence-corrected chi connectivity index (χ2v) is 6.54. The van der Waals surface area contributed by atoms with E-state index in [2.05, 4.69) is 4.72 Å². The van der Waals surface area contributed by atoms with Crippen LogP contribution in [0.1, 0.15) is 6.42 Å². The van der Waals surface area contributed by atoms with Crippen LogP contribution in [0.15, 0.2) is 15.7 Å². The van der Waals surface area contributed by atoms with Crippen LogP contribution in [0, 0.1) is 0 Å². The molecule has 0 aromatic carbocycles. The molecule has 0 saturated heterocycles. The van der Waals surface area contributed by atoms with Crippen molar-refractivity contribution in [3.8, 4) is 0 Å². The van der Waals surface area contributed by atoms with Crippen LogP contribution >= 0.6 is 11.3 Å². The minimum absolute atomic E-state index is 0.0805. The standard InChI is InChI=1S/C9H15N3O3S2/c1-12(2)8(13)3-4-11-17(14,15)9-5-7(10)6-16-9/h5-6,11H,3-4,10H2,1-2H3. The number of nitrogens with two attached hydrogens (primary N) is 1. The molecule has 0 aliphatic heterocycles. The van der Waals surface area contributed by atoms with Gasteiger partial charge in [0.15, 0.2) is 0 Å². The molecule has 0 radical (unpaired) electrons. The number of hydrogen-bond donors (Lipinski definition) is 2. The van der Waals surface area contributed by atoms with Crippen LogP contribution < -0.4 is 10.5 Å². The summed E-state index contributed by atoms with van der Waals surface area (Å²) in [7, 11) is -0.299. The van der Waals surface area contributed by atoms with Crippen molar-refractivity contribution in [3.05, 3.63) is 11.4 Å². The summed E-state index contributed by atoms with van der Waals surface area (Å²) in [4.78, 5) is 12.7. The maximum Gasteiger partial charge on any atom is 0.250 e. The van der Waals surface area contributed by atoms with Crippen molar-refractivity contribution in [3.63, 3.8) is 0 Å². The largest absolute Gasteiger partial charge is 0.398 e. The molecule has 1 heterocycles. The van der Waals surface area contributed by atoms with Gasteiger partial charge in [-0.2, -0.15) is 0 Å². The van der Waals surface area contributed by atoms with Gasteiger partial charge in [-0.25, -0.2) is 13.1 Å². The lowest BCUT2D eigenvalue weighted by Crippen LogP contribution is -2.29. The molecule has 0 fully saturated rings. The number of sulfonamides is 1. The number of amides is 1. The minimum atomic E-state index is -3.54. The molecule has 6 nitrogen and oxygen atoms in total. The zero-order valence-corrected chi connectivity index (χ0v) is 11.3. The first-order valence-electron chi connectivity index (χ1n) is 4.87. The van der Waals surface area contributed by atoms with E-state index in [0.29, 0.717) is 5.69 Å². The zero-order valence-electron chi connectivity index (χ0n) is 9.63. The van der Waals surface area contributed by atoms with Crippen molar-refractivity contribution in [1.82, 2.24) is 9.62 Å². The van der Waals surface area contributed by atoms with Crippen molar-refractivity contribution in [2.75, 3.05) is 26.4 Å². The van der Waals surface area contributed by atoms with E-state index < -0.39 is 10.0 Å². The maximum atomic E-state index is 11.7. The lowest BCUT2D eigenvalue weighted by atomic mass is 10.4. The number of nitrogen functional groups attached to an aromatic ring is 1. The van der Waals surface area contributed by atoms with Gasteiger partial charge in [0.2, 0.25) is 15.9 Å². The Labute approximate surface area is 104 Å². The van der Waals surface area contributed by atoms with Crippen LogP contribution in [0.5, 0.6) is 0 Å². The first-order chi connectivity index (χ1) is 7.83. The Kier molecular flexibility index (Phi) is 4.49. The van der Waals surface area contributed by atoms with Crippen LogP contribution in [-0.4, -0.2) is 39.9 Å². The van der Waals surface area contributed by atoms with E-state index in [9.17, 15) is 13.2 Å². The Bertz CT molecular complexity index is 493. The number of carbonyl (C=O) groups is 1. The summed E-state index contributed by atoms with van der Waals surface area (Å²) in [5.41, 5.74) is 5.87. The molecule has 0 aliphatic carbocycles. The predicted molar refractivity (Wildman–Crippen MR) is 67.2 cm³/mol. The monoisotopic (exact) mass is 277 g/mol. The normalized spacial score (nSPS) is 11.4. The van der Waals surface area contributed by atoms with Crippen LogP contribution in [0.2, 0.25) is 0 Å². The molecule has 96 valence electrons. The molecule has 0 aliphatic rings. The van der Waals surface area contributed by atoms with E-state index in [4.69, 9.17) is 5.73 Å². The van der Waals surface area contributed by atoms with Gasteiger partial charge in [-0.15, -0.1) is 11.3 Å². The number of anilines is 1. The second kappa shape index (κ2) is 5.48. The fourth-order valence-corrected chi connectivity index (χ4v) is 3.21. The maximum absolute atomic E-state index is 11.7. The molecule has 0 atom stereocenters. The first-order valence-corrected chi connectivity index (χ1v) is 7.23. The second-order valence-electron chi connectivity index (χ2n) is 3.64. The highest BCUT2D eigenvalue weighted by Crippen LogP contribution is 2.21. The van der Waals surface area contributed by atoms with E-state index >= 15 is 0 Å². The molecule has 1 aromatic heterocycles. The van der Waals surface area contributed by atoms with Crippen LogP contribution in [0.3, 0.4) is 0 Å². The van der Waals surface area contributed by atoms with Gasteiger partial charge in [-0.3, -0.25) is 4.79 Å². The van der Waals surface area contributed by atoms with Crippen molar-refractivity contribution in [2.45, 2.75) is 10.6 Å². The lowest BCUT2D eigenvalue weighted by molar-refractivity contribution is -0.128. The van der Waals surface area contributed by atoms with Gasteiger partial charge in [0.1, 0.15) is 4.21 Å². The summed E-state index contributed by atoms with van der Waals surface area (Å²) in [6.45, 7) is 0.0805. The topological polar surface area (TPSA) is 92.5 Å². The zero-order chi connectivity index (χ0) is 13.1. The molecule has 0 bridgehead atoms. The molecular weight excluding hydrogens is 262 g/mol. The SMILES string of the molecule is CN(C)C(=O)CCNS(=O)(=O)c1cc(N)cs1. The smallest absolute Gasteiger partial charge is 0.250 e. The molecule has 0 saturated carbocycles. The number of carbonyl (C=O) groups excluding carboxylic acids is 1. The van der Waals surface area contributed by atoms with Crippen LogP contribution in [0.4, 0.5) is 5.69 Å².